The zero-order chi connectivity index (χ0) is 13.5. The van der Waals surface area contributed by atoms with Crippen molar-refractivity contribution >= 4 is 10.2 Å². The molecule has 0 amide bonds. The fourth-order valence-electron chi connectivity index (χ4n) is 3.27. The molecule has 2 aliphatic heterocycles. The van der Waals surface area contributed by atoms with Crippen LogP contribution in [0.1, 0.15) is 39.0 Å². The third-order valence-corrected chi connectivity index (χ3v) is 6.30. The van der Waals surface area contributed by atoms with Crippen molar-refractivity contribution in [1.82, 2.24) is 13.9 Å². The largest absolute Gasteiger partial charge is 0.298 e. The standard InChI is InChI=1S/C13H25N3O2S/c1-11-9-15(12-5-6-12)10-13(11)14-19(17,18)16-7-3-2-4-8-16/h11-14H,2-10H2,1H3/t11-,13+/m0/s1. The van der Waals surface area contributed by atoms with E-state index >= 15 is 0 Å². The van der Waals surface area contributed by atoms with Gasteiger partial charge in [-0.05, 0) is 31.6 Å². The normalized spacial score (nSPS) is 34.8. The average Bonchev–Trinajstić information content (AvgIpc) is 3.17. The van der Waals surface area contributed by atoms with Crippen molar-refractivity contribution in [3.8, 4) is 0 Å². The zero-order valence-corrected chi connectivity index (χ0v) is 12.5. The van der Waals surface area contributed by atoms with Crippen molar-refractivity contribution in [2.45, 2.75) is 51.1 Å². The zero-order valence-electron chi connectivity index (χ0n) is 11.7. The van der Waals surface area contributed by atoms with Gasteiger partial charge < -0.3 is 0 Å². The van der Waals surface area contributed by atoms with E-state index in [0.29, 0.717) is 19.0 Å². The second-order valence-corrected chi connectivity index (χ2v) is 8.05. The Hall–Kier alpha value is -0.170. The van der Waals surface area contributed by atoms with Crippen molar-refractivity contribution < 1.29 is 8.42 Å². The molecule has 0 bridgehead atoms. The van der Waals surface area contributed by atoms with Gasteiger partial charge >= 0.3 is 0 Å². The van der Waals surface area contributed by atoms with Gasteiger partial charge in [0.1, 0.15) is 0 Å². The van der Waals surface area contributed by atoms with E-state index in [1.165, 1.54) is 12.8 Å². The first kappa shape index (κ1) is 13.8. The van der Waals surface area contributed by atoms with Crippen LogP contribution >= 0.6 is 0 Å². The second-order valence-electron chi connectivity index (χ2n) is 6.35. The summed E-state index contributed by atoms with van der Waals surface area (Å²) in [4.78, 5) is 2.45. The van der Waals surface area contributed by atoms with Crippen LogP contribution < -0.4 is 4.72 Å². The average molecular weight is 287 g/mol. The van der Waals surface area contributed by atoms with Crippen LogP contribution in [0.4, 0.5) is 0 Å². The van der Waals surface area contributed by atoms with Crippen LogP contribution in [-0.2, 0) is 10.2 Å². The lowest BCUT2D eigenvalue weighted by atomic mass is 10.1. The predicted octanol–water partition coefficient (Wildman–Crippen LogP) is 0.789. The molecular weight excluding hydrogens is 262 g/mol. The first-order chi connectivity index (χ1) is 9.06. The first-order valence-electron chi connectivity index (χ1n) is 7.58. The summed E-state index contributed by atoms with van der Waals surface area (Å²) in [5.74, 6) is 0.417. The minimum Gasteiger partial charge on any atom is -0.298 e. The summed E-state index contributed by atoms with van der Waals surface area (Å²) < 4.78 is 29.3. The van der Waals surface area contributed by atoms with Crippen LogP contribution in [-0.4, -0.2) is 55.9 Å². The molecule has 0 aromatic carbocycles. The highest BCUT2D eigenvalue weighted by atomic mass is 32.2. The van der Waals surface area contributed by atoms with Crippen molar-refractivity contribution in [2.24, 2.45) is 5.92 Å². The number of hydrogen-bond acceptors (Lipinski definition) is 3. The van der Waals surface area contributed by atoms with E-state index in [2.05, 4.69) is 16.5 Å². The van der Waals surface area contributed by atoms with E-state index in [1.807, 2.05) is 0 Å². The minimum atomic E-state index is -3.27. The maximum Gasteiger partial charge on any atom is 0.279 e. The van der Waals surface area contributed by atoms with Gasteiger partial charge in [0.25, 0.3) is 10.2 Å². The van der Waals surface area contributed by atoms with Gasteiger partial charge in [-0.2, -0.15) is 17.4 Å². The van der Waals surface area contributed by atoms with Crippen LogP contribution in [0, 0.1) is 5.92 Å². The number of piperidine rings is 1. The van der Waals surface area contributed by atoms with E-state index in [1.54, 1.807) is 4.31 Å². The highest BCUT2D eigenvalue weighted by Crippen LogP contribution is 2.32. The third-order valence-electron chi connectivity index (χ3n) is 4.66. The highest BCUT2D eigenvalue weighted by molar-refractivity contribution is 7.87. The van der Waals surface area contributed by atoms with Crippen LogP contribution in [0.15, 0.2) is 0 Å². The molecule has 0 radical (unpaired) electrons. The van der Waals surface area contributed by atoms with Gasteiger partial charge in [0.15, 0.2) is 0 Å². The van der Waals surface area contributed by atoms with Gasteiger partial charge in [-0.15, -0.1) is 0 Å². The van der Waals surface area contributed by atoms with E-state index < -0.39 is 10.2 Å². The Bertz CT molecular complexity index is 416. The number of likely N-dealkylation sites (tertiary alicyclic amines) is 1. The van der Waals surface area contributed by atoms with Gasteiger partial charge in [0, 0.05) is 38.3 Å². The lowest BCUT2D eigenvalue weighted by molar-refractivity contribution is 0.313. The summed E-state index contributed by atoms with van der Waals surface area (Å²) in [5, 5.41) is 0. The molecule has 19 heavy (non-hydrogen) atoms. The van der Waals surface area contributed by atoms with E-state index in [-0.39, 0.29) is 6.04 Å². The monoisotopic (exact) mass is 287 g/mol. The molecule has 2 atom stereocenters. The maximum absolute atomic E-state index is 12.4. The molecule has 2 heterocycles. The van der Waals surface area contributed by atoms with Crippen molar-refractivity contribution in [2.75, 3.05) is 26.2 Å². The Morgan fingerprint density at radius 3 is 2.37 bits per heavy atom. The molecule has 1 aliphatic carbocycles. The Labute approximate surface area is 116 Å². The Morgan fingerprint density at radius 1 is 1.05 bits per heavy atom. The van der Waals surface area contributed by atoms with Gasteiger partial charge in [-0.3, -0.25) is 4.90 Å². The molecule has 110 valence electrons. The minimum absolute atomic E-state index is 0.0903. The molecule has 2 saturated heterocycles. The molecule has 3 rings (SSSR count). The van der Waals surface area contributed by atoms with E-state index in [4.69, 9.17) is 0 Å². The van der Waals surface area contributed by atoms with Crippen molar-refractivity contribution in [1.29, 1.82) is 0 Å². The van der Waals surface area contributed by atoms with Gasteiger partial charge in [0.05, 0.1) is 0 Å². The molecule has 3 fully saturated rings. The quantitative estimate of drug-likeness (QED) is 0.832. The number of nitrogens with one attached hydrogen (secondary N) is 1. The van der Waals surface area contributed by atoms with Crippen LogP contribution in [0.25, 0.3) is 0 Å². The van der Waals surface area contributed by atoms with Crippen molar-refractivity contribution in [3.63, 3.8) is 0 Å². The second kappa shape index (κ2) is 5.31. The molecule has 3 aliphatic rings. The molecule has 1 saturated carbocycles. The first-order valence-corrected chi connectivity index (χ1v) is 9.02. The van der Waals surface area contributed by atoms with Crippen LogP contribution in [0.3, 0.4) is 0 Å². The number of rotatable bonds is 4. The third kappa shape index (κ3) is 3.12. The van der Waals surface area contributed by atoms with Crippen molar-refractivity contribution in [3.05, 3.63) is 0 Å². The summed E-state index contributed by atoms with van der Waals surface area (Å²) >= 11 is 0. The SMILES string of the molecule is C[C@H]1CN(C2CC2)C[C@H]1NS(=O)(=O)N1CCCCC1. The molecule has 0 unspecified atom stereocenters. The van der Waals surface area contributed by atoms with Gasteiger partial charge in [0.2, 0.25) is 0 Å². The summed E-state index contributed by atoms with van der Waals surface area (Å²) in [6.45, 7) is 5.45. The predicted molar refractivity (Wildman–Crippen MR) is 75.0 cm³/mol. The molecule has 0 aromatic heterocycles. The van der Waals surface area contributed by atoms with Gasteiger partial charge in [-0.1, -0.05) is 13.3 Å². The maximum atomic E-state index is 12.4. The fraction of sp³-hybridized carbons (Fsp3) is 1.00. The Kier molecular flexibility index (Phi) is 3.86. The lowest BCUT2D eigenvalue weighted by Gasteiger charge is -2.28. The molecule has 0 aromatic rings. The smallest absolute Gasteiger partial charge is 0.279 e. The molecule has 5 nitrogen and oxygen atoms in total. The summed E-state index contributed by atoms with van der Waals surface area (Å²) in [5.41, 5.74) is 0. The molecule has 6 heteroatoms. The number of nitrogens with zero attached hydrogens (tertiary/aromatic N) is 2. The van der Waals surface area contributed by atoms with Gasteiger partial charge in [-0.25, -0.2) is 0 Å². The van der Waals surface area contributed by atoms with E-state index in [0.717, 1.165) is 38.4 Å². The van der Waals surface area contributed by atoms with E-state index in [9.17, 15) is 8.42 Å². The Balaban J connectivity index is 1.60. The lowest BCUT2D eigenvalue weighted by Crippen LogP contribution is -2.49. The highest BCUT2D eigenvalue weighted by Gasteiger charge is 2.40. The molecule has 0 spiro atoms. The topological polar surface area (TPSA) is 52.7 Å². The van der Waals surface area contributed by atoms with Crippen LogP contribution in [0.5, 0.6) is 0 Å². The number of hydrogen-bond donors (Lipinski definition) is 1. The summed E-state index contributed by atoms with van der Waals surface area (Å²) in [6.07, 6.45) is 5.72. The Morgan fingerprint density at radius 2 is 1.74 bits per heavy atom. The molecular formula is C13H25N3O2S. The molecule has 1 N–H and O–H groups in total. The van der Waals surface area contributed by atoms with Crippen LogP contribution in [0.2, 0.25) is 0 Å². The summed E-state index contributed by atoms with van der Waals surface area (Å²) in [6, 6.07) is 0.819. The fourth-order valence-corrected chi connectivity index (χ4v) is 4.84. The summed E-state index contributed by atoms with van der Waals surface area (Å²) in [7, 11) is -3.27.